The van der Waals surface area contributed by atoms with E-state index in [4.69, 9.17) is 10.5 Å². The smallest absolute Gasteiger partial charge is 0.183 e. The molecule has 0 saturated heterocycles. The molecular formula is C16H17N5O3. The van der Waals surface area contributed by atoms with Crippen LogP contribution in [0.2, 0.25) is 0 Å². The molecule has 0 spiro atoms. The standard InChI is InChI=1S/C16H17N5O3/c1-9(22)10-2-4-12(5-3-10)24-7-11(23)6-13-20-14-15(17)18-8-19-16(14)21-13/h2-5,8,11,23H,6-7H2,1H3,(H3,17,18,19,20,21). The number of nitrogen functional groups attached to an aromatic ring is 1. The molecule has 0 radical (unpaired) electrons. The molecule has 0 aliphatic rings. The van der Waals surface area contributed by atoms with Crippen LogP contribution >= 0.6 is 0 Å². The molecule has 3 aromatic rings. The minimum absolute atomic E-state index is 0.00570. The Kier molecular flexibility index (Phi) is 4.39. The van der Waals surface area contributed by atoms with Gasteiger partial charge in [0, 0.05) is 12.0 Å². The van der Waals surface area contributed by atoms with Gasteiger partial charge in [-0.2, -0.15) is 0 Å². The summed E-state index contributed by atoms with van der Waals surface area (Å²) in [6.45, 7) is 1.60. The van der Waals surface area contributed by atoms with Crippen molar-refractivity contribution in [1.82, 2.24) is 19.9 Å². The van der Waals surface area contributed by atoms with Gasteiger partial charge in [-0.25, -0.2) is 15.0 Å². The number of benzene rings is 1. The predicted octanol–water partition coefficient (Wildman–Crippen LogP) is 1.12. The van der Waals surface area contributed by atoms with Gasteiger partial charge in [-0.05, 0) is 31.2 Å². The number of hydrogen-bond donors (Lipinski definition) is 3. The van der Waals surface area contributed by atoms with Crippen molar-refractivity contribution in [3.63, 3.8) is 0 Å². The Hall–Kier alpha value is -3.00. The number of nitrogens with two attached hydrogens (primary N) is 1. The first-order valence-corrected chi connectivity index (χ1v) is 7.40. The number of aromatic nitrogens is 4. The summed E-state index contributed by atoms with van der Waals surface area (Å²) in [7, 11) is 0. The van der Waals surface area contributed by atoms with Gasteiger partial charge >= 0.3 is 0 Å². The summed E-state index contributed by atoms with van der Waals surface area (Å²) in [6.07, 6.45) is 0.848. The Morgan fingerprint density at radius 1 is 1.33 bits per heavy atom. The molecule has 0 fully saturated rings. The van der Waals surface area contributed by atoms with Crippen LogP contribution in [0.4, 0.5) is 5.82 Å². The zero-order valence-corrected chi connectivity index (χ0v) is 13.1. The number of H-pyrrole nitrogens is 1. The Morgan fingerprint density at radius 2 is 2.08 bits per heavy atom. The molecule has 24 heavy (non-hydrogen) atoms. The van der Waals surface area contributed by atoms with Crippen LogP contribution in [0, 0.1) is 0 Å². The molecule has 0 aliphatic carbocycles. The van der Waals surface area contributed by atoms with Gasteiger partial charge in [0.2, 0.25) is 0 Å². The second kappa shape index (κ2) is 6.63. The third-order valence-corrected chi connectivity index (χ3v) is 3.50. The highest BCUT2D eigenvalue weighted by molar-refractivity contribution is 5.94. The monoisotopic (exact) mass is 327 g/mol. The molecule has 2 heterocycles. The number of fused-ring (bicyclic) bond motifs is 1. The lowest BCUT2D eigenvalue weighted by Crippen LogP contribution is -2.20. The van der Waals surface area contributed by atoms with Gasteiger partial charge in [-0.15, -0.1) is 0 Å². The number of anilines is 1. The van der Waals surface area contributed by atoms with E-state index in [1.807, 2.05) is 0 Å². The lowest BCUT2D eigenvalue weighted by molar-refractivity contribution is 0.101. The Balaban J connectivity index is 1.59. The van der Waals surface area contributed by atoms with Crippen LogP contribution in [0.1, 0.15) is 23.1 Å². The molecule has 8 nitrogen and oxygen atoms in total. The van der Waals surface area contributed by atoms with Gasteiger partial charge in [0.25, 0.3) is 0 Å². The van der Waals surface area contributed by atoms with E-state index in [1.165, 1.54) is 13.3 Å². The molecule has 1 aromatic carbocycles. The van der Waals surface area contributed by atoms with Crippen molar-refractivity contribution in [2.75, 3.05) is 12.3 Å². The third kappa shape index (κ3) is 3.49. The van der Waals surface area contributed by atoms with E-state index in [0.717, 1.165) is 0 Å². The SMILES string of the molecule is CC(=O)c1ccc(OCC(O)Cc2nc3ncnc(N)c3[nH]2)cc1. The topological polar surface area (TPSA) is 127 Å². The highest BCUT2D eigenvalue weighted by Gasteiger charge is 2.13. The number of nitrogens with zero attached hydrogens (tertiary/aromatic N) is 3. The van der Waals surface area contributed by atoms with E-state index in [0.29, 0.717) is 34.1 Å². The highest BCUT2D eigenvalue weighted by Crippen LogP contribution is 2.15. The second-order valence-corrected chi connectivity index (χ2v) is 5.39. The number of aliphatic hydroxyl groups is 1. The number of carbonyl (C=O) groups is 1. The van der Waals surface area contributed by atoms with Crippen molar-refractivity contribution in [3.8, 4) is 5.75 Å². The maximum Gasteiger partial charge on any atom is 0.183 e. The number of nitrogens with one attached hydrogen (secondary N) is 1. The minimum Gasteiger partial charge on any atom is -0.491 e. The Labute approximate surface area is 137 Å². The second-order valence-electron chi connectivity index (χ2n) is 5.39. The number of imidazole rings is 1. The first-order chi connectivity index (χ1) is 11.5. The summed E-state index contributed by atoms with van der Waals surface area (Å²) in [5.41, 5.74) is 7.37. The summed E-state index contributed by atoms with van der Waals surface area (Å²) >= 11 is 0. The van der Waals surface area contributed by atoms with Crippen LogP contribution in [-0.2, 0) is 6.42 Å². The van der Waals surface area contributed by atoms with E-state index < -0.39 is 6.10 Å². The van der Waals surface area contributed by atoms with Crippen molar-refractivity contribution in [3.05, 3.63) is 42.0 Å². The van der Waals surface area contributed by atoms with E-state index >= 15 is 0 Å². The predicted molar refractivity (Wildman–Crippen MR) is 87.7 cm³/mol. The lowest BCUT2D eigenvalue weighted by Gasteiger charge is -2.11. The maximum absolute atomic E-state index is 11.2. The summed E-state index contributed by atoms with van der Waals surface area (Å²) in [5.74, 6) is 1.45. The van der Waals surface area contributed by atoms with Crippen molar-refractivity contribution in [1.29, 1.82) is 0 Å². The quantitative estimate of drug-likeness (QED) is 0.579. The molecule has 124 valence electrons. The van der Waals surface area contributed by atoms with E-state index in [-0.39, 0.29) is 18.8 Å². The van der Waals surface area contributed by atoms with Gasteiger partial charge in [0.05, 0.1) is 6.10 Å². The number of aromatic amines is 1. The van der Waals surface area contributed by atoms with Gasteiger partial charge < -0.3 is 20.6 Å². The van der Waals surface area contributed by atoms with Gasteiger partial charge in [0.15, 0.2) is 17.2 Å². The Bertz CT molecular complexity index is 860. The Morgan fingerprint density at radius 3 is 2.75 bits per heavy atom. The molecule has 2 aromatic heterocycles. The summed E-state index contributed by atoms with van der Waals surface area (Å²) in [4.78, 5) is 26.4. The first kappa shape index (κ1) is 15.9. The molecule has 1 atom stereocenters. The average Bonchev–Trinajstić information content (AvgIpc) is 2.97. The van der Waals surface area contributed by atoms with Gasteiger partial charge in [-0.3, -0.25) is 4.79 Å². The zero-order chi connectivity index (χ0) is 17.1. The minimum atomic E-state index is -0.757. The van der Waals surface area contributed by atoms with E-state index in [9.17, 15) is 9.90 Å². The zero-order valence-electron chi connectivity index (χ0n) is 13.1. The van der Waals surface area contributed by atoms with Gasteiger partial charge in [-0.1, -0.05) is 0 Å². The fourth-order valence-corrected chi connectivity index (χ4v) is 2.25. The van der Waals surface area contributed by atoms with Crippen LogP contribution in [0.25, 0.3) is 11.2 Å². The molecule has 1 unspecified atom stereocenters. The summed E-state index contributed by atoms with van der Waals surface area (Å²) < 4.78 is 5.52. The summed E-state index contributed by atoms with van der Waals surface area (Å²) in [6, 6.07) is 6.76. The van der Waals surface area contributed by atoms with E-state index in [1.54, 1.807) is 24.3 Å². The molecular weight excluding hydrogens is 310 g/mol. The van der Waals surface area contributed by atoms with E-state index in [2.05, 4.69) is 19.9 Å². The number of rotatable bonds is 6. The molecule has 3 rings (SSSR count). The molecule has 4 N–H and O–H groups in total. The largest absolute Gasteiger partial charge is 0.491 e. The molecule has 0 saturated carbocycles. The van der Waals surface area contributed by atoms with Crippen molar-refractivity contribution >= 4 is 22.8 Å². The summed E-state index contributed by atoms with van der Waals surface area (Å²) in [5, 5.41) is 10.1. The van der Waals surface area contributed by atoms with Crippen molar-refractivity contribution < 1.29 is 14.6 Å². The van der Waals surface area contributed by atoms with Crippen LogP contribution in [0.15, 0.2) is 30.6 Å². The van der Waals surface area contributed by atoms with Crippen LogP contribution in [-0.4, -0.2) is 43.5 Å². The fourth-order valence-electron chi connectivity index (χ4n) is 2.25. The lowest BCUT2D eigenvalue weighted by atomic mass is 10.1. The van der Waals surface area contributed by atoms with Crippen molar-refractivity contribution in [2.24, 2.45) is 0 Å². The third-order valence-electron chi connectivity index (χ3n) is 3.50. The number of hydrogen-bond acceptors (Lipinski definition) is 7. The number of carbonyl (C=O) groups excluding carboxylic acids is 1. The number of ether oxygens (including phenoxy) is 1. The molecule has 8 heteroatoms. The van der Waals surface area contributed by atoms with Crippen LogP contribution in [0.5, 0.6) is 5.75 Å². The number of Topliss-reactive ketones (excluding diaryl/α,β-unsaturated/α-hetero) is 1. The number of ketones is 1. The van der Waals surface area contributed by atoms with Gasteiger partial charge in [0.1, 0.15) is 30.0 Å². The van der Waals surface area contributed by atoms with Crippen molar-refractivity contribution in [2.45, 2.75) is 19.4 Å². The van der Waals surface area contributed by atoms with Crippen LogP contribution < -0.4 is 10.5 Å². The van der Waals surface area contributed by atoms with Crippen LogP contribution in [0.3, 0.4) is 0 Å². The highest BCUT2D eigenvalue weighted by atomic mass is 16.5. The normalized spacial score (nSPS) is 12.2. The average molecular weight is 327 g/mol. The molecule has 0 amide bonds. The fraction of sp³-hybridized carbons (Fsp3) is 0.250. The molecule has 0 aliphatic heterocycles. The number of aliphatic hydroxyl groups excluding tert-OH is 1. The maximum atomic E-state index is 11.2. The molecule has 0 bridgehead atoms. The first-order valence-electron chi connectivity index (χ1n) is 7.40.